The topological polar surface area (TPSA) is 49.4 Å². The van der Waals surface area contributed by atoms with Crippen molar-refractivity contribution in [3.8, 4) is 0 Å². The standard InChI is InChI=1S/C14H16N2O2/c17-13-9-16(14(18)8-15-13)12-7-3-5-10-4-1-2-6-11(10)12/h1-2,4,6,12H,3,5,7-9H2,(H,15,17). The number of hydrogen-bond donors (Lipinski definition) is 1. The number of rotatable bonds is 1. The molecule has 4 nitrogen and oxygen atoms in total. The van der Waals surface area contributed by atoms with Crippen LogP contribution in [0.15, 0.2) is 24.3 Å². The lowest BCUT2D eigenvalue weighted by molar-refractivity contribution is -0.143. The van der Waals surface area contributed by atoms with Crippen LogP contribution < -0.4 is 5.32 Å². The Morgan fingerprint density at radius 1 is 1.22 bits per heavy atom. The summed E-state index contributed by atoms with van der Waals surface area (Å²) >= 11 is 0. The molecule has 0 spiro atoms. The summed E-state index contributed by atoms with van der Waals surface area (Å²) in [5.41, 5.74) is 2.53. The zero-order valence-corrected chi connectivity index (χ0v) is 10.2. The average molecular weight is 244 g/mol. The van der Waals surface area contributed by atoms with Gasteiger partial charge in [-0.2, -0.15) is 0 Å². The molecule has 1 aliphatic heterocycles. The Kier molecular flexibility index (Phi) is 2.78. The van der Waals surface area contributed by atoms with Crippen LogP contribution in [0.5, 0.6) is 0 Å². The van der Waals surface area contributed by atoms with Crippen LogP contribution in [0.2, 0.25) is 0 Å². The molecule has 2 aliphatic rings. The van der Waals surface area contributed by atoms with Crippen LogP contribution in [0.25, 0.3) is 0 Å². The van der Waals surface area contributed by atoms with Gasteiger partial charge in [0.05, 0.1) is 12.6 Å². The Morgan fingerprint density at radius 2 is 2.06 bits per heavy atom. The van der Waals surface area contributed by atoms with Crippen LogP contribution in [0.1, 0.15) is 30.0 Å². The summed E-state index contributed by atoms with van der Waals surface area (Å²) < 4.78 is 0. The molecule has 1 N–H and O–H groups in total. The third kappa shape index (κ3) is 1.88. The SMILES string of the molecule is O=C1CN(C2CCCc3ccccc32)C(=O)CN1. The van der Waals surface area contributed by atoms with E-state index in [1.165, 1.54) is 11.1 Å². The zero-order valence-electron chi connectivity index (χ0n) is 10.2. The molecule has 2 amide bonds. The summed E-state index contributed by atoms with van der Waals surface area (Å²) in [4.78, 5) is 25.2. The van der Waals surface area contributed by atoms with Gasteiger partial charge >= 0.3 is 0 Å². The molecule has 1 aromatic carbocycles. The second kappa shape index (κ2) is 4.44. The second-order valence-corrected chi connectivity index (χ2v) is 4.91. The first-order chi connectivity index (χ1) is 8.75. The molecule has 1 atom stereocenters. The van der Waals surface area contributed by atoms with Crippen LogP contribution in [0.3, 0.4) is 0 Å². The third-order valence-corrected chi connectivity index (χ3v) is 3.79. The predicted octanol–water partition coefficient (Wildman–Crippen LogP) is 1.02. The van der Waals surface area contributed by atoms with Gasteiger partial charge in [-0.25, -0.2) is 0 Å². The first-order valence-electron chi connectivity index (χ1n) is 6.39. The number of nitrogens with one attached hydrogen (secondary N) is 1. The molecule has 3 rings (SSSR count). The summed E-state index contributed by atoms with van der Waals surface area (Å²) in [6, 6.07) is 8.32. The van der Waals surface area contributed by atoms with Crippen molar-refractivity contribution in [3.05, 3.63) is 35.4 Å². The molecular formula is C14H16N2O2. The highest BCUT2D eigenvalue weighted by molar-refractivity contribution is 5.92. The van der Waals surface area contributed by atoms with E-state index >= 15 is 0 Å². The summed E-state index contributed by atoms with van der Waals surface area (Å²) in [5, 5.41) is 2.59. The van der Waals surface area contributed by atoms with Gasteiger partial charge < -0.3 is 10.2 Å². The van der Waals surface area contributed by atoms with Crippen molar-refractivity contribution in [1.82, 2.24) is 10.2 Å². The second-order valence-electron chi connectivity index (χ2n) is 4.91. The number of amides is 2. The highest BCUT2D eigenvalue weighted by Gasteiger charge is 2.32. The van der Waals surface area contributed by atoms with E-state index in [-0.39, 0.29) is 30.9 Å². The van der Waals surface area contributed by atoms with Gasteiger partial charge in [0, 0.05) is 0 Å². The van der Waals surface area contributed by atoms with Crippen LogP contribution >= 0.6 is 0 Å². The van der Waals surface area contributed by atoms with Crippen LogP contribution in [-0.2, 0) is 16.0 Å². The minimum absolute atomic E-state index is 0.0244. The van der Waals surface area contributed by atoms with Gasteiger partial charge in [-0.1, -0.05) is 24.3 Å². The van der Waals surface area contributed by atoms with Gasteiger partial charge in [-0.05, 0) is 30.4 Å². The maximum Gasteiger partial charge on any atom is 0.242 e. The highest BCUT2D eigenvalue weighted by atomic mass is 16.2. The van der Waals surface area contributed by atoms with E-state index in [0.717, 1.165) is 19.3 Å². The van der Waals surface area contributed by atoms with E-state index in [2.05, 4.69) is 17.4 Å². The van der Waals surface area contributed by atoms with Crippen LogP contribution in [0, 0.1) is 0 Å². The molecule has 0 aromatic heterocycles. The van der Waals surface area contributed by atoms with Crippen molar-refractivity contribution in [2.45, 2.75) is 25.3 Å². The van der Waals surface area contributed by atoms with Gasteiger partial charge in [-0.3, -0.25) is 9.59 Å². The lowest BCUT2D eigenvalue weighted by Crippen LogP contribution is -2.53. The normalized spacial score (nSPS) is 23.6. The third-order valence-electron chi connectivity index (χ3n) is 3.79. The number of hydrogen-bond acceptors (Lipinski definition) is 2. The monoisotopic (exact) mass is 244 g/mol. The fourth-order valence-electron chi connectivity index (χ4n) is 2.91. The molecule has 0 bridgehead atoms. The van der Waals surface area contributed by atoms with Crippen molar-refractivity contribution in [2.24, 2.45) is 0 Å². The van der Waals surface area contributed by atoms with Gasteiger partial charge in [0.25, 0.3) is 0 Å². The summed E-state index contributed by atoms with van der Waals surface area (Å²) in [7, 11) is 0. The van der Waals surface area contributed by atoms with E-state index in [1.807, 2.05) is 12.1 Å². The Hall–Kier alpha value is -1.84. The first-order valence-corrected chi connectivity index (χ1v) is 6.39. The molecule has 1 heterocycles. The molecular weight excluding hydrogens is 228 g/mol. The number of fused-ring (bicyclic) bond motifs is 1. The van der Waals surface area contributed by atoms with Crippen molar-refractivity contribution in [2.75, 3.05) is 13.1 Å². The fourth-order valence-corrected chi connectivity index (χ4v) is 2.91. The lowest BCUT2D eigenvalue weighted by Gasteiger charge is -2.37. The van der Waals surface area contributed by atoms with Gasteiger partial charge in [-0.15, -0.1) is 0 Å². The molecule has 4 heteroatoms. The number of nitrogens with zero attached hydrogens (tertiary/aromatic N) is 1. The maximum absolute atomic E-state index is 12.0. The van der Waals surface area contributed by atoms with Crippen LogP contribution in [0.4, 0.5) is 0 Å². The molecule has 94 valence electrons. The molecule has 0 radical (unpaired) electrons. The Bertz CT molecular complexity index is 498. The van der Waals surface area contributed by atoms with E-state index in [1.54, 1.807) is 4.90 Å². The fraction of sp³-hybridized carbons (Fsp3) is 0.429. The highest BCUT2D eigenvalue weighted by Crippen LogP contribution is 2.34. The van der Waals surface area contributed by atoms with Crippen molar-refractivity contribution >= 4 is 11.8 Å². The smallest absolute Gasteiger partial charge is 0.242 e. The summed E-state index contributed by atoms with van der Waals surface area (Å²) in [6.45, 7) is 0.329. The number of benzene rings is 1. The quantitative estimate of drug-likeness (QED) is 0.802. The molecule has 1 aromatic rings. The first kappa shape index (κ1) is 11.3. The average Bonchev–Trinajstić information content (AvgIpc) is 2.41. The lowest BCUT2D eigenvalue weighted by atomic mass is 9.86. The molecule has 18 heavy (non-hydrogen) atoms. The maximum atomic E-state index is 12.0. The number of aryl methyl sites for hydroxylation is 1. The van der Waals surface area contributed by atoms with E-state index in [4.69, 9.17) is 0 Å². The van der Waals surface area contributed by atoms with Crippen molar-refractivity contribution in [3.63, 3.8) is 0 Å². The number of carbonyl (C=O) groups is 2. The Morgan fingerprint density at radius 3 is 2.94 bits per heavy atom. The van der Waals surface area contributed by atoms with Gasteiger partial charge in [0.15, 0.2) is 0 Å². The van der Waals surface area contributed by atoms with Crippen molar-refractivity contribution in [1.29, 1.82) is 0 Å². The summed E-state index contributed by atoms with van der Waals surface area (Å²) in [6.07, 6.45) is 3.10. The number of carbonyl (C=O) groups excluding carboxylic acids is 2. The molecule has 1 unspecified atom stereocenters. The Balaban J connectivity index is 1.93. The molecule has 0 saturated carbocycles. The van der Waals surface area contributed by atoms with Crippen molar-refractivity contribution < 1.29 is 9.59 Å². The zero-order chi connectivity index (χ0) is 12.5. The minimum atomic E-state index is -0.0577. The minimum Gasteiger partial charge on any atom is -0.345 e. The predicted molar refractivity (Wildman–Crippen MR) is 66.8 cm³/mol. The molecule has 1 saturated heterocycles. The Labute approximate surface area is 106 Å². The molecule has 1 fully saturated rings. The van der Waals surface area contributed by atoms with E-state index in [0.29, 0.717) is 0 Å². The van der Waals surface area contributed by atoms with E-state index < -0.39 is 0 Å². The number of piperazine rings is 1. The summed E-state index contributed by atoms with van der Waals surface area (Å²) in [5.74, 6) is -0.0334. The van der Waals surface area contributed by atoms with E-state index in [9.17, 15) is 9.59 Å². The molecule has 1 aliphatic carbocycles. The van der Waals surface area contributed by atoms with Crippen LogP contribution in [-0.4, -0.2) is 29.8 Å². The largest absolute Gasteiger partial charge is 0.345 e. The van der Waals surface area contributed by atoms with Gasteiger partial charge in [0.1, 0.15) is 6.54 Å². The van der Waals surface area contributed by atoms with Gasteiger partial charge in [0.2, 0.25) is 11.8 Å².